The van der Waals surface area contributed by atoms with Crippen molar-refractivity contribution < 1.29 is 13.2 Å². The SMILES string of the molecule is Cc1ccc(NC(=O)c2cccc(-n3cccc3)c2)cc1NS(=O)(=O)c1ccccc1. The molecule has 1 amide bonds. The van der Waals surface area contributed by atoms with Crippen molar-refractivity contribution in [3.05, 3.63) is 108 Å². The summed E-state index contributed by atoms with van der Waals surface area (Å²) >= 11 is 0. The lowest BCUT2D eigenvalue weighted by Crippen LogP contribution is -2.15. The van der Waals surface area contributed by atoms with Gasteiger partial charge in [0.05, 0.1) is 10.6 Å². The van der Waals surface area contributed by atoms with Crippen molar-refractivity contribution in [1.29, 1.82) is 0 Å². The predicted octanol–water partition coefficient (Wildman–Crippen LogP) is 4.84. The summed E-state index contributed by atoms with van der Waals surface area (Å²) in [6.45, 7) is 1.80. The Morgan fingerprint density at radius 1 is 0.839 bits per heavy atom. The van der Waals surface area contributed by atoms with Gasteiger partial charge in [0.1, 0.15) is 0 Å². The fraction of sp³-hybridized carbons (Fsp3) is 0.0417. The van der Waals surface area contributed by atoms with Crippen molar-refractivity contribution in [3.63, 3.8) is 0 Å². The van der Waals surface area contributed by atoms with Crippen LogP contribution in [-0.4, -0.2) is 18.9 Å². The van der Waals surface area contributed by atoms with Crippen LogP contribution < -0.4 is 10.0 Å². The molecule has 0 saturated carbocycles. The molecule has 0 spiro atoms. The Kier molecular flexibility index (Phi) is 5.60. The van der Waals surface area contributed by atoms with E-state index in [2.05, 4.69) is 10.0 Å². The molecule has 4 rings (SSSR count). The lowest BCUT2D eigenvalue weighted by molar-refractivity contribution is 0.102. The Morgan fingerprint density at radius 2 is 1.58 bits per heavy atom. The minimum absolute atomic E-state index is 0.172. The van der Waals surface area contributed by atoms with Crippen LogP contribution in [0.3, 0.4) is 0 Å². The van der Waals surface area contributed by atoms with Gasteiger partial charge in [0.25, 0.3) is 15.9 Å². The van der Waals surface area contributed by atoms with Crippen LogP contribution in [0.2, 0.25) is 0 Å². The maximum atomic E-state index is 12.8. The predicted molar refractivity (Wildman–Crippen MR) is 122 cm³/mol. The normalized spacial score (nSPS) is 11.1. The van der Waals surface area contributed by atoms with Gasteiger partial charge in [-0.15, -0.1) is 0 Å². The minimum atomic E-state index is -3.73. The van der Waals surface area contributed by atoms with Gasteiger partial charge in [-0.05, 0) is 67.1 Å². The number of benzene rings is 3. The molecule has 7 heteroatoms. The molecule has 156 valence electrons. The Morgan fingerprint density at radius 3 is 2.32 bits per heavy atom. The molecule has 31 heavy (non-hydrogen) atoms. The van der Waals surface area contributed by atoms with Crippen LogP contribution in [0.1, 0.15) is 15.9 Å². The number of anilines is 2. The van der Waals surface area contributed by atoms with Crippen molar-refractivity contribution in [2.24, 2.45) is 0 Å². The van der Waals surface area contributed by atoms with E-state index in [1.807, 2.05) is 41.2 Å². The fourth-order valence-corrected chi connectivity index (χ4v) is 4.27. The van der Waals surface area contributed by atoms with Crippen molar-refractivity contribution in [3.8, 4) is 5.69 Å². The summed E-state index contributed by atoms with van der Waals surface area (Å²) < 4.78 is 29.8. The molecule has 4 aromatic rings. The van der Waals surface area contributed by atoms with E-state index in [1.54, 1.807) is 55.5 Å². The highest BCUT2D eigenvalue weighted by atomic mass is 32.2. The van der Waals surface area contributed by atoms with Crippen molar-refractivity contribution in [1.82, 2.24) is 4.57 Å². The molecule has 0 atom stereocenters. The number of aryl methyl sites for hydroxylation is 1. The van der Waals surface area contributed by atoms with Gasteiger partial charge in [-0.2, -0.15) is 0 Å². The molecule has 3 aromatic carbocycles. The standard InChI is InChI=1S/C24H21N3O3S/c1-18-12-13-20(17-23(18)26-31(29,30)22-10-3-2-4-11-22)25-24(28)19-8-7-9-21(16-19)27-14-5-6-15-27/h2-17,26H,1H3,(H,25,28). The number of nitrogens with one attached hydrogen (secondary N) is 2. The van der Waals surface area contributed by atoms with E-state index in [-0.39, 0.29) is 10.8 Å². The number of carbonyl (C=O) groups is 1. The first-order valence-corrected chi connectivity index (χ1v) is 11.1. The second kappa shape index (κ2) is 8.49. The van der Waals surface area contributed by atoms with Crippen LogP contribution in [0.5, 0.6) is 0 Å². The summed E-state index contributed by atoms with van der Waals surface area (Å²) in [7, 11) is -3.73. The number of sulfonamides is 1. The second-order valence-electron chi connectivity index (χ2n) is 7.04. The summed E-state index contributed by atoms with van der Waals surface area (Å²) in [5.74, 6) is -0.283. The third-order valence-corrected chi connectivity index (χ3v) is 6.19. The van der Waals surface area contributed by atoms with Gasteiger partial charge in [-0.3, -0.25) is 9.52 Å². The number of amides is 1. The van der Waals surface area contributed by atoms with E-state index < -0.39 is 10.0 Å². The molecule has 0 aliphatic rings. The highest BCUT2D eigenvalue weighted by Gasteiger charge is 2.16. The first-order chi connectivity index (χ1) is 14.9. The van der Waals surface area contributed by atoms with E-state index in [1.165, 1.54) is 12.1 Å². The van der Waals surface area contributed by atoms with Crippen molar-refractivity contribution in [2.75, 3.05) is 10.0 Å². The molecule has 0 saturated heterocycles. The Balaban J connectivity index is 1.55. The number of nitrogens with zero attached hydrogens (tertiary/aromatic N) is 1. The molecule has 0 bridgehead atoms. The summed E-state index contributed by atoms with van der Waals surface area (Å²) in [6.07, 6.45) is 3.81. The highest BCUT2D eigenvalue weighted by molar-refractivity contribution is 7.92. The monoisotopic (exact) mass is 431 g/mol. The van der Waals surface area contributed by atoms with Crippen LogP contribution in [-0.2, 0) is 10.0 Å². The average Bonchev–Trinajstić information content (AvgIpc) is 3.32. The lowest BCUT2D eigenvalue weighted by atomic mass is 10.1. The lowest BCUT2D eigenvalue weighted by Gasteiger charge is -2.13. The smallest absolute Gasteiger partial charge is 0.261 e. The summed E-state index contributed by atoms with van der Waals surface area (Å²) in [5, 5.41) is 2.84. The number of hydrogen-bond donors (Lipinski definition) is 2. The maximum Gasteiger partial charge on any atom is 0.261 e. The fourth-order valence-electron chi connectivity index (χ4n) is 3.13. The summed E-state index contributed by atoms with van der Waals surface area (Å²) in [6, 6.07) is 24.3. The summed E-state index contributed by atoms with van der Waals surface area (Å²) in [4.78, 5) is 13.0. The third-order valence-electron chi connectivity index (χ3n) is 4.80. The summed E-state index contributed by atoms with van der Waals surface area (Å²) in [5.41, 5.74) is 3.01. The van der Waals surface area contributed by atoms with E-state index in [0.29, 0.717) is 16.9 Å². The largest absolute Gasteiger partial charge is 0.324 e. The van der Waals surface area contributed by atoms with Crippen LogP contribution in [0.4, 0.5) is 11.4 Å². The van der Waals surface area contributed by atoms with E-state index in [4.69, 9.17) is 0 Å². The number of aromatic nitrogens is 1. The highest BCUT2D eigenvalue weighted by Crippen LogP contribution is 2.24. The molecular weight excluding hydrogens is 410 g/mol. The molecule has 0 aliphatic carbocycles. The number of hydrogen-bond acceptors (Lipinski definition) is 3. The van der Waals surface area contributed by atoms with Crippen LogP contribution in [0.25, 0.3) is 5.69 Å². The quantitative estimate of drug-likeness (QED) is 0.458. The second-order valence-corrected chi connectivity index (χ2v) is 8.73. The number of carbonyl (C=O) groups excluding carboxylic acids is 1. The Hall–Kier alpha value is -3.84. The Bertz CT molecular complexity index is 1320. The molecular formula is C24H21N3O3S. The van der Waals surface area contributed by atoms with Gasteiger partial charge in [0, 0.05) is 29.3 Å². The van der Waals surface area contributed by atoms with E-state index in [9.17, 15) is 13.2 Å². The van der Waals surface area contributed by atoms with Gasteiger partial charge >= 0.3 is 0 Å². The molecule has 0 aliphatic heterocycles. The van der Waals surface area contributed by atoms with Gasteiger partial charge in [-0.1, -0.05) is 30.3 Å². The molecule has 0 fully saturated rings. The molecule has 0 radical (unpaired) electrons. The van der Waals surface area contributed by atoms with Crippen LogP contribution in [0, 0.1) is 6.92 Å². The van der Waals surface area contributed by atoms with E-state index in [0.717, 1.165) is 11.3 Å². The zero-order chi connectivity index (χ0) is 21.8. The molecule has 1 aromatic heterocycles. The van der Waals surface area contributed by atoms with Gasteiger partial charge in [-0.25, -0.2) is 8.42 Å². The molecule has 2 N–H and O–H groups in total. The van der Waals surface area contributed by atoms with Crippen molar-refractivity contribution in [2.45, 2.75) is 11.8 Å². The minimum Gasteiger partial charge on any atom is -0.324 e. The zero-order valence-electron chi connectivity index (χ0n) is 16.8. The topological polar surface area (TPSA) is 80.2 Å². The third kappa shape index (κ3) is 4.67. The van der Waals surface area contributed by atoms with Crippen molar-refractivity contribution >= 4 is 27.3 Å². The van der Waals surface area contributed by atoms with Gasteiger partial charge in [0.2, 0.25) is 0 Å². The van der Waals surface area contributed by atoms with E-state index >= 15 is 0 Å². The average molecular weight is 432 g/mol. The molecule has 0 unspecified atom stereocenters. The van der Waals surface area contributed by atoms with Crippen LogP contribution >= 0.6 is 0 Å². The van der Waals surface area contributed by atoms with Crippen LogP contribution in [0.15, 0.2) is 102 Å². The molecule has 1 heterocycles. The first-order valence-electron chi connectivity index (χ1n) is 9.66. The van der Waals surface area contributed by atoms with Gasteiger partial charge < -0.3 is 9.88 Å². The number of rotatable bonds is 6. The first kappa shape index (κ1) is 20.4. The Labute approximate surface area is 181 Å². The van der Waals surface area contributed by atoms with Gasteiger partial charge in [0.15, 0.2) is 0 Å². The molecule has 6 nitrogen and oxygen atoms in total. The maximum absolute atomic E-state index is 12.8. The zero-order valence-corrected chi connectivity index (χ0v) is 17.6.